The summed E-state index contributed by atoms with van der Waals surface area (Å²) in [5.41, 5.74) is 1.25. The molecule has 0 aliphatic carbocycles. The zero-order chi connectivity index (χ0) is 11.2. The number of hydrogen-bond acceptors (Lipinski definition) is 1. The molecule has 0 atom stereocenters. The number of benzene rings is 2. The molecule has 0 fully saturated rings. The van der Waals surface area contributed by atoms with E-state index in [1.165, 1.54) is 15.4 Å². The van der Waals surface area contributed by atoms with Crippen molar-refractivity contribution in [1.82, 2.24) is 0 Å². The quantitative estimate of drug-likeness (QED) is 0.719. The van der Waals surface area contributed by atoms with Crippen LogP contribution < -0.4 is 0 Å². The highest BCUT2D eigenvalue weighted by molar-refractivity contribution is 7.99. The molecule has 0 aliphatic rings. The summed E-state index contributed by atoms with van der Waals surface area (Å²) < 4.78 is 0. The van der Waals surface area contributed by atoms with Gasteiger partial charge in [0, 0.05) is 9.79 Å². The van der Waals surface area contributed by atoms with Crippen molar-refractivity contribution in [3.05, 3.63) is 66.2 Å². The van der Waals surface area contributed by atoms with E-state index in [2.05, 4.69) is 60.7 Å². The van der Waals surface area contributed by atoms with Gasteiger partial charge in [-0.15, -0.1) is 0 Å². The van der Waals surface area contributed by atoms with Gasteiger partial charge in [0.1, 0.15) is 0 Å². The molecular formula is C15H14S. The van der Waals surface area contributed by atoms with Gasteiger partial charge in [0.15, 0.2) is 0 Å². The summed E-state index contributed by atoms with van der Waals surface area (Å²) >= 11 is 1.79. The molecule has 16 heavy (non-hydrogen) atoms. The molecule has 0 N–H and O–H groups in total. The Morgan fingerprint density at radius 2 is 1.44 bits per heavy atom. The summed E-state index contributed by atoms with van der Waals surface area (Å²) in [6, 6.07) is 19.0. The Morgan fingerprint density at radius 3 is 2.06 bits per heavy atom. The van der Waals surface area contributed by atoms with Crippen LogP contribution in [-0.4, -0.2) is 0 Å². The van der Waals surface area contributed by atoms with Crippen molar-refractivity contribution < 1.29 is 0 Å². The van der Waals surface area contributed by atoms with Crippen LogP contribution in [0.2, 0.25) is 0 Å². The van der Waals surface area contributed by atoms with Gasteiger partial charge in [0.2, 0.25) is 0 Å². The van der Waals surface area contributed by atoms with Crippen LogP contribution in [0.4, 0.5) is 0 Å². The molecular weight excluding hydrogens is 212 g/mol. The van der Waals surface area contributed by atoms with Crippen molar-refractivity contribution in [3.8, 4) is 0 Å². The minimum atomic E-state index is 1.25. The zero-order valence-electron chi connectivity index (χ0n) is 9.26. The second kappa shape index (κ2) is 5.57. The lowest BCUT2D eigenvalue weighted by Crippen LogP contribution is -1.74. The third kappa shape index (κ3) is 3.01. The summed E-state index contributed by atoms with van der Waals surface area (Å²) in [5.74, 6) is 0. The molecule has 0 aromatic heterocycles. The smallest absolute Gasteiger partial charge is 0.0122 e. The van der Waals surface area contributed by atoms with E-state index in [0.29, 0.717) is 0 Å². The van der Waals surface area contributed by atoms with Gasteiger partial charge in [-0.2, -0.15) is 0 Å². The van der Waals surface area contributed by atoms with Crippen LogP contribution in [0.5, 0.6) is 0 Å². The van der Waals surface area contributed by atoms with Crippen LogP contribution in [0.25, 0.3) is 6.08 Å². The van der Waals surface area contributed by atoms with Crippen molar-refractivity contribution in [2.24, 2.45) is 0 Å². The molecule has 2 aromatic carbocycles. The molecule has 0 spiro atoms. The van der Waals surface area contributed by atoms with Gasteiger partial charge in [-0.3, -0.25) is 0 Å². The van der Waals surface area contributed by atoms with Crippen molar-refractivity contribution >= 4 is 17.8 Å². The molecule has 0 nitrogen and oxygen atoms in total. The fourth-order valence-corrected chi connectivity index (χ4v) is 2.30. The topological polar surface area (TPSA) is 0 Å². The minimum Gasteiger partial charge on any atom is -0.0901 e. The van der Waals surface area contributed by atoms with Crippen molar-refractivity contribution in [1.29, 1.82) is 0 Å². The normalized spacial score (nSPS) is 10.8. The van der Waals surface area contributed by atoms with Crippen LogP contribution >= 0.6 is 11.8 Å². The number of allylic oxidation sites excluding steroid dienone is 1. The molecule has 1 heteroatoms. The van der Waals surface area contributed by atoms with Gasteiger partial charge in [0.25, 0.3) is 0 Å². The van der Waals surface area contributed by atoms with Crippen molar-refractivity contribution in [2.45, 2.75) is 16.7 Å². The molecule has 0 saturated carbocycles. The van der Waals surface area contributed by atoms with Crippen LogP contribution in [0.15, 0.2) is 70.5 Å². The Bertz CT molecular complexity index is 455. The third-order valence-corrected chi connectivity index (χ3v) is 3.23. The highest BCUT2D eigenvalue weighted by Crippen LogP contribution is 2.27. The van der Waals surface area contributed by atoms with Crippen LogP contribution in [0, 0.1) is 0 Å². The Balaban J connectivity index is 2.11. The molecule has 2 aromatic rings. The van der Waals surface area contributed by atoms with E-state index in [9.17, 15) is 0 Å². The predicted molar refractivity (Wildman–Crippen MR) is 71.7 cm³/mol. The standard InChI is InChI=1S/C15H14S/c1-2-6-13-9-11-15(12-10-13)16-14-7-4-3-5-8-14/h2-12H,1H3/b6-2+. The average molecular weight is 226 g/mol. The molecule has 0 unspecified atom stereocenters. The van der Waals surface area contributed by atoms with E-state index in [4.69, 9.17) is 0 Å². The molecule has 0 aliphatic heterocycles. The fraction of sp³-hybridized carbons (Fsp3) is 0.0667. The molecule has 0 amide bonds. The first-order chi connectivity index (χ1) is 7.88. The summed E-state index contributed by atoms with van der Waals surface area (Å²) in [7, 11) is 0. The molecule has 80 valence electrons. The van der Waals surface area contributed by atoms with E-state index in [0.717, 1.165) is 0 Å². The van der Waals surface area contributed by atoms with Crippen molar-refractivity contribution in [2.75, 3.05) is 0 Å². The Morgan fingerprint density at radius 1 is 0.812 bits per heavy atom. The maximum atomic E-state index is 2.16. The fourth-order valence-electron chi connectivity index (χ4n) is 1.46. The monoisotopic (exact) mass is 226 g/mol. The highest BCUT2D eigenvalue weighted by Gasteiger charge is 1.95. The van der Waals surface area contributed by atoms with Crippen molar-refractivity contribution in [3.63, 3.8) is 0 Å². The summed E-state index contributed by atoms with van der Waals surface area (Å²) in [6.07, 6.45) is 4.16. The van der Waals surface area contributed by atoms with E-state index in [1.54, 1.807) is 11.8 Å². The zero-order valence-corrected chi connectivity index (χ0v) is 10.1. The van der Waals surface area contributed by atoms with E-state index in [1.807, 2.05) is 13.0 Å². The molecule has 0 saturated heterocycles. The first-order valence-electron chi connectivity index (χ1n) is 5.34. The number of rotatable bonds is 3. The first-order valence-corrected chi connectivity index (χ1v) is 6.16. The molecule has 0 radical (unpaired) electrons. The number of hydrogen-bond donors (Lipinski definition) is 0. The average Bonchev–Trinajstić information content (AvgIpc) is 2.33. The second-order valence-electron chi connectivity index (χ2n) is 3.48. The van der Waals surface area contributed by atoms with Gasteiger partial charge < -0.3 is 0 Å². The first kappa shape index (κ1) is 11.0. The summed E-state index contributed by atoms with van der Waals surface area (Å²) in [4.78, 5) is 2.56. The Kier molecular flexibility index (Phi) is 3.84. The van der Waals surface area contributed by atoms with E-state index in [-0.39, 0.29) is 0 Å². The Labute approximate surface area is 101 Å². The minimum absolute atomic E-state index is 1.25. The predicted octanol–water partition coefficient (Wildman–Crippen LogP) is 4.87. The SMILES string of the molecule is C/C=C/c1ccc(Sc2ccccc2)cc1. The molecule has 0 bridgehead atoms. The maximum Gasteiger partial charge on any atom is 0.0122 e. The second-order valence-corrected chi connectivity index (χ2v) is 4.63. The lowest BCUT2D eigenvalue weighted by Gasteiger charge is -2.01. The van der Waals surface area contributed by atoms with Gasteiger partial charge in [-0.25, -0.2) is 0 Å². The molecule has 2 rings (SSSR count). The molecule has 0 heterocycles. The van der Waals surface area contributed by atoms with Crippen LogP contribution in [0.3, 0.4) is 0 Å². The highest BCUT2D eigenvalue weighted by atomic mass is 32.2. The largest absolute Gasteiger partial charge is 0.0901 e. The van der Waals surface area contributed by atoms with Gasteiger partial charge >= 0.3 is 0 Å². The van der Waals surface area contributed by atoms with Gasteiger partial charge in [-0.05, 0) is 36.8 Å². The van der Waals surface area contributed by atoms with Gasteiger partial charge in [-0.1, -0.05) is 54.2 Å². The lowest BCUT2D eigenvalue weighted by atomic mass is 10.2. The van der Waals surface area contributed by atoms with Crippen LogP contribution in [-0.2, 0) is 0 Å². The summed E-state index contributed by atoms with van der Waals surface area (Å²) in [6.45, 7) is 2.03. The summed E-state index contributed by atoms with van der Waals surface area (Å²) in [5, 5.41) is 0. The maximum absolute atomic E-state index is 2.16. The van der Waals surface area contributed by atoms with E-state index >= 15 is 0 Å². The third-order valence-electron chi connectivity index (χ3n) is 2.22. The van der Waals surface area contributed by atoms with Crippen LogP contribution in [0.1, 0.15) is 12.5 Å². The van der Waals surface area contributed by atoms with E-state index < -0.39 is 0 Å². The lowest BCUT2D eigenvalue weighted by molar-refractivity contribution is 1.40. The van der Waals surface area contributed by atoms with Gasteiger partial charge in [0.05, 0.1) is 0 Å². The Hall–Kier alpha value is -1.47.